The summed E-state index contributed by atoms with van der Waals surface area (Å²) >= 11 is 0. The van der Waals surface area contributed by atoms with Crippen molar-refractivity contribution in [1.29, 1.82) is 0 Å². The highest BCUT2D eigenvalue weighted by atomic mass is 16.4. The molecule has 0 radical (unpaired) electrons. The van der Waals surface area contributed by atoms with Crippen molar-refractivity contribution in [3.05, 3.63) is 96.1 Å². The molecule has 1 aliphatic heterocycles. The number of amides is 2. The molecule has 3 aromatic rings. The van der Waals surface area contributed by atoms with E-state index >= 15 is 0 Å². The molecule has 0 bridgehead atoms. The average molecular weight is 428 g/mol. The summed E-state index contributed by atoms with van der Waals surface area (Å²) in [5, 5.41) is 9.27. The summed E-state index contributed by atoms with van der Waals surface area (Å²) in [6.45, 7) is 1.95. The van der Waals surface area contributed by atoms with Crippen molar-refractivity contribution in [3.63, 3.8) is 0 Å². The number of fused-ring (bicyclic) bond motifs is 1. The third-order valence-electron chi connectivity index (χ3n) is 5.72. The molecule has 1 N–H and O–H groups in total. The van der Waals surface area contributed by atoms with Crippen LogP contribution in [0.15, 0.2) is 84.9 Å². The molecule has 3 aromatic carbocycles. The van der Waals surface area contributed by atoms with Gasteiger partial charge in [0.2, 0.25) is 5.91 Å². The topological polar surface area (TPSA) is 77.9 Å². The zero-order valence-electron chi connectivity index (χ0n) is 17.7. The van der Waals surface area contributed by atoms with Crippen LogP contribution in [0.1, 0.15) is 41.7 Å². The average Bonchev–Trinajstić information content (AvgIpc) is 2.80. The highest BCUT2D eigenvalue weighted by Crippen LogP contribution is 2.42. The fraction of sp³-hybridized carbons (Fsp3) is 0.192. The molecule has 0 aromatic heterocycles. The number of nitrogens with zero attached hydrogens (tertiary/aromatic N) is 2. The molecule has 6 nitrogen and oxygen atoms in total. The molecular weight excluding hydrogens is 404 g/mol. The normalized spacial score (nSPS) is 17.3. The van der Waals surface area contributed by atoms with Crippen LogP contribution in [0.5, 0.6) is 0 Å². The number of para-hydroxylation sites is 2. The Morgan fingerprint density at radius 2 is 1.50 bits per heavy atom. The maximum absolute atomic E-state index is 13.4. The SMILES string of the molecule is C[C@@H]1C[C@H](N(C(=O)CC(=O)O)c2ccccc2)c2ccccc2N1C(=O)c1ccccc1. The van der Waals surface area contributed by atoms with Gasteiger partial charge in [-0.3, -0.25) is 14.4 Å². The van der Waals surface area contributed by atoms with Gasteiger partial charge in [-0.1, -0.05) is 54.6 Å². The summed E-state index contributed by atoms with van der Waals surface area (Å²) in [6, 6.07) is 25.1. The van der Waals surface area contributed by atoms with Gasteiger partial charge in [0.05, 0.1) is 6.04 Å². The second kappa shape index (κ2) is 9.06. The van der Waals surface area contributed by atoms with Gasteiger partial charge in [0.1, 0.15) is 6.42 Å². The minimum atomic E-state index is -1.17. The highest BCUT2D eigenvalue weighted by molar-refractivity contribution is 6.08. The van der Waals surface area contributed by atoms with Gasteiger partial charge in [0.25, 0.3) is 5.91 Å². The Morgan fingerprint density at radius 3 is 2.16 bits per heavy atom. The molecule has 0 spiro atoms. The first kappa shape index (κ1) is 21.3. The van der Waals surface area contributed by atoms with Crippen molar-refractivity contribution in [2.75, 3.05) is 9.80 Å². The molecule has 6 heteroatoms. The predicted molar refractivity (Wildman–Crippen MR) is 123 cm³/mol. The summed E-state index contributed by atoms with van der Waals surface area (Å²) in [7, 11) is 0. The van der Waals surface area contributed by atoms with Crippen LogP contribution in [-0.2, 0) is 9.59 Å². The lowest BCUT2D eigenvalue weighted by Crippen LogP contribution is -2.48. The Kier molecular flexibility index (Phi) is 6.03. The fourth-order valence-electron chi connectivity index (χ4n) is 4.36. The van der Waals surface area contributed by atoms with Crippen LogP contribution in [0.25, 0.3) is 0 Å². The number of carboxylic acid groups (broad SMARTS) is 1. The number of hydrogen-bond donors (Lipinski definition) is 1. The number of carboxylic acids is 1. The number of benzene rings is 3. The van der Waals surface area contributed by atoms with E-state index in [4.69, 9.17) is 0 Å². The molecule has 162 valence electrons. The molecule has 1 heterocycles. The summed E-state index contributed by atoms with van der Waals surface area (Å²) < 4.78 is 0. The Bertz CT molecular complexity index is 1130. The van der Waals surface area contributed by atoms with Gasteiger partial charge in [0, 0.05) is 23.0 Å². The minimum absolute atomic E-state index is 0.105. The maximum atomic E-state index is 13.4. The standard InChI is InChI=1S/C26H24N2O4/c1-18-16-23(28(24(29)17-25(30)31)20-12-6-3-7-13-20)21-14-8-9-15-22(21)27(18)26(32)19-10-4-2-5-11-19/h2-15,18,23H,16-17H2,1H3,(H,30,31)/t18-,23+/m1/s1. The lowest BCUT2D eigenvalue weighted by Gasteiger charge is -2.43. The Morgan fingerprint density at radius 1 is 0.906 bits per heavy atom. The van der Waals surface area contributed by atoms with Crippen molar-refractivity contribution in [1.82, 2.24) is 0 Å². The number of rotatable bonds is 5. The fourth-order valence-corrected chi connectivity index (χ4v) is 4.36. The van der Waals surface area contributed by atoms with Crippen LogP contribution in [-0.4, -0.2) is 28.9 Å². The highest BCUT2D eigenvalue weighted by Gasteiger charge is 2.39. The summed E-state index contributed by atoms with van der Waals surface area (Å²) in [5.74, 6) is -1.76. The number of hydrogen-bond acceptors (Lipinski definition) is 3. The van der Waals surface area contributed by atoms with Crippen LogP contribution >= 0.6 is 0 Å². The zero-order chi connectivity index (χ0) is 22.7. The van der Waals surface area contributed by atoms with E-state index in [0.717, 1.165) is 11.3 Å². The molecule has 2 amide bonds. The van der Waals surface area contributed by atoms with Gasteiger partial charge in [-0.15, -0.1) is 0 Å². The van der Waals surface area contributed by atoms with Crippen molar-refractivity contribution in [2.24, 2.45) is 0 Å². The lowest BCUT2D eigenvalue weighted by molar-refractivity contribution is -0.140. The Hall–Kier alpha value is -3.93. The van der Waals surface area contributed by atoms with E-state index < -0.39 is 24.3 Å². The van der Waals surface area contributed by atoms with Gasteiger partial charge in [-0.25, -0.2) is 0 Å². The van der Waals surface area contributed by atoms with E-state index in [-0.39, 0.29) is 11.9 Å². The number of carbonyl (C=O) groups is 3. The molecule has 1 aliphatic rings. The van der Waals surface area contributed by atoms with Crippen LogP contribution in [0, 0.1) is 0 Å². The quantitative estimate of drug-likeness (QED) is 0.599. The van der Waals surface area contributed by atoms with Crippen LogP contribution in [0.3, 0.4) is 0 Å². The third-order valence-corrected chi connectivity index (χ3v) is 5.72. The van der Waals surface area contributed by atoms with Gasteiger partial charge in [-0.05, 0) is 49.2 Å². The van der Waals surface area contributed by atoms with E-state index in [0.29, 0.717) is 17.7 Å². The smallest absolute Gasteiger partial charge is 0.312 e. The van der Waals surface area contributed by atoms with E-state index in [1.807, 2.05) is 67.6 Å². The number of aliphatic carboxylic acids is 1. The summed E-state index contributed by atoms with van der Waals surface area (Å²) in [5.41, 5.74) is 2.77. The van der Waals surface area contributed by atoms with Crippen LogP contribution in [0.4, 0.5) is 11.4 Å². The Labute approximate surface area is 186 Å². The van der Waals surface area contributed by atoms with Gasteiger partial charge in [-0.2, -0.15) is 0 Å². The van der Waals surface area contributed by atoms with Gasteiger partial charge < -0.3 is 14.9 Å². The van der Waals surface area contributed by atoms with Gasteiger partial charge >= 0.3 is 5.97 Å². The molecular formula is C26H24N2O4. The van der Waals surface area contributed by atoms with Crippen molar-refractivity contribution >= 4 is 29.2 Å². The number of carbonyl (C=O) groups excluding carboxylic acids is 2. The van der Waals surface area contributed by atoms with E-state index in [1.54, 1.807) is 34.1 Å². The molecule has 0 aliphatic carbocycles. The second-order valence-electron chi connectivity index (χ2n) is 7.87. The van der Waals surface area contributed by atoms with E-state index in [1.165, 1.54) is 0 Å². The molecule has 2 atom stereocenters. The van der Waals surface area contributed by atoms with E-state index in [9.17, 15) is 19.5 Å². The summed E-state index contributed by atoms with van der Waals surface area (Å²) in [4.78, 5) is 41.1. The first-order chi connectivity index (χ1) is 15.5. The molecule has 0 unspecified atom stereocenters. The lowest BCUT2D eigenvalue weighted by atomic mass is 9.89. The molecule has 0 fully saturated rings. The monoisotopic (exact) mass is 428 g/mol. The van der Waals surface area contributed by atoms with Crippen molar-refractivity contribution < 1.29 is 19.5 Å². The summed E-state index contributed by atoms with van der Waals surface area (Å²) in [6.07, 6.45) is -0.121. The van der Waals surface area contributed by atoms with E-state index in [2.05, 4.69) is 0 Å². The molecule has 0 saturated carbocycles. The maximum Gasteiger partial charge on any atom is 0.312 e. The first-order valence-corrected chi connectivity index (χ1v) is 10.5. The van der Waals surface area contributed by atoms with Crippen LogP contribution in [0.2, 0.25) is 0 Å². The minimum Gasteiger partial charge on any atom is -0.481 e. The third kappa shape index (κ3) is 4.12. The largest absolute Gasteiger partial charge is 0.481 e. The Balaban J connectivity index is 1.79. The van der Waals surface area contributed by atoms with Crippen molar-refractivity contribution in [3.8, 4) is 0 Å². The molecule has 32 heavy (non-hydrogen) atoms. The van der Waals surface area contributed by atoms with Gasteiger partial charge in [0.15, 0.2) is 0 Å². The zero-order valence-corrected chi connectivity index (χ0v) is 17.7. The first-order valence-electron chi connectivity index (χ1n) is 10.5. The van der Waals surface area contributed by atoms with Crippen molar-refractivity contribution in [2.45, 2.75) is 31.8 Å². The number of anilines is 2. The van der Waals surface area contributed by atoms with Crippen LogP contribution < -0.4 is 9.80 Å². The predicted octanol–water partition coefficient (Wildman–Crippen LogP) is 4.67. The molecule has 4 rings (SSSR count). The molecule has 0 saturated heterocycles. The second-order valence-corrected chi connectivity index (χ2v) is 7.87.